The second kappa shape index (κ2) is 10.6. The third-order valence-corrected chi connectivity index (χ3v) is 7.89. The fourth-order valence-corrected chi connectivity index (χ4v) is 5.67. The first kappa shape index (κ1) is 23.6. The van der Waals surface area contributed by atoms with Gasteiger partial charge in [0.05, 0.1) is 6.04 Å². The normalized spacial score (nSPS) is 18.9. The zero-order chi connectivity index (χ0) is 24.2. The molecule has 0 saturated carbocycles. The number of carbonyl (C=O) groups excluding carboxylic acids is 2. The van der Waals surface area contributed by atoms with Crippen LogP contribution in [0.15, 0.2) is 66.0 Å². The molecule has 2 aromatic carbocycles. The summed E-state index contributed by atoms with van der Waals surface area (Å²) >= 11 is 1.74. The van der Waals surface area contributed by atoms with E-state index in [0.717, 1.165) is 30.3 Å². The molecule has 2 atom stereocenters. The van der Waals surface area contributed by atoms with Gasteiger partial charge in [-0.2, -0.15) is 0 Å². The van der Waals surface area contributed by atoms with Crippen LogP contribution < -0.4 is 15.4 Å². The molecule has 3 heterocycles. The number of benzene rings is 2. The fraction of sp³-hybridized carbons (Fsp3) is 0.357. The molecule has 5 rings (SSSR count). The van der Waals surface area contributed by atoms with E-state index >= 15 is 0 Å². The minimum atomic E-state index is -0.566. The standard InChI is InChI=1S/C28H31N3O3S/c1-19-11-13-31(14-12-19)23(26-10-5-15-35-26)18-29-27(32)21-7-4-8-22(16-21)30-28(33)25-17-20-6-2-3-9-24(20)34-25/h2-10,15-16,19,23,25H,11-14,17-18H2,1H3,(H,29,32)(H,30,33). The number of amides is 2. The number of nitrogens with zero attached hydrogens (tertiary/aromatic N) is 1. The largest absolute Gasteiger partial charge is 0.480 e. The second-order valence-corrected chi connectivity index (χ2v) is 10.4. The molecule has 35 heavy (non-hydrogen) atoms. The molecule has 2 unspecified atom stereocenters. The first-order valence-corrected chi connectivity index (χ1v) is 13.2. The topological polar surface area (TPSA) is 70.7 Å². The van der Waals surface area contributed by atoms with Crippen molar-refractivity contribution in [3.8, 4) is 5.75 Å². The summed E-state index contributed by atoms with van der Waals surface area (Å²) in [6.45, 7) is 4.96. The van der Waals surface area contributed by atoms with Gasteiger partial charge in [-0.25, -0.2) is 0 Å². The van der Waals surface area contributed by atoms with Crippen molar-refractivity contribution in [2.24, 2.45) is 5.92 Å². The Kier molecular flexibility index (Phi) is 7.16. The molecule has 6 nitrogen and oxygen atoms in total. The van der Waals surface area contributed by atoms with Crippen LogP contribution >= 0.6 is 11.3 Å². The third-order valence-electron chi connectivity index (χ3n) is 6.92. The van der Waals surface area contributed by atoms with Crippen molar-refractivity contribution in [2.45, 2.75) is 38.3 Å². The summed E-state index contributed by atoms with van der Waals surface area (Å²) in [6.07, 6.45) is 2.35. The molecule has 1 fully saturated rings. The molecule has 1 saturated heterocycles. The van der Waals surface area contributed by atoms with Gasteiger partial charge in [0.25, 0.3) is 11.8 Å². The Labute approximate surface area is 210 Å². The van der Waals surface area contributed by atoms with Gasteiger partial charge in [-0.15, -0.1) is 11.3 Å². The Hall–Kier alpha value is -3.16. The summed E-state index contributed by atoms with van der Waals surface area (Å²) in [5.41, 5.74) is 2.14. The van der Waals surface area contributed by atoms with Gasteiger partial charge in [0.15, 0.2) is 6.10 Å². The van der Waals surface area contributed by atoms with E-state index in [1.54, 1.807) is 35.6 Å². The summed E-state index contributed by atoms with van der Waals surface area (Å²) in [4.78, 5) is 29.6. The number of ether oxygens (including phenoxy) is 1. The fourth-order valence-electron chi connectivity index (χ4n) is 4.81. The number of rotatable bonds is 7. The van der Waals surface area contributed by atoms with Crippen molar-refractivity contribution in [3.05, 3.63) is 82.0 Å². The third kappa shape index (κ3) is 5.57. The molecule has 3 aromatic rings. The average molecular weight is 490 g/mol. The summed E-state index contributed by atoms with van der Waals surface area (Å²) in [5, 5.41) is 8.13. The van der Waals surface area contributed by atoms with Gasteiger partial charge < -0.3 is 15.4 Å². The van der Waals surface area contributed by atoms with Gasteiger partial charge in [0.2, 0.25) is 0 Å². The van der Waals surface area contributed by atoms with E-state index in [-0.39, 0.29) is 17.9 Å². The van der Waals surface area contributed by atoms with Crippen LogP contribution in [0.5, 0.6) is 5.75 Å². The van der Waals surface area contributed by atoms with Crippen molar-refractivity contribution < 1.29 is 14.3 Å². The molecule has 0 aliphatic carbocycles. The van der Waals surface area contributed by atoms with Crippen molar-refractivity contribution in [1.82, 2.24) is 10.2 Å². The molecule has 182 valence electrons. The number of hydrogen-bond acceptors (Lipinski definition) is 5. The quantitative estimate of drug-likeness (QED) is 0.496. The van der Waals surface area contributed by atoms with E-state index < -0.39 is 6.10 Å². The molecule has 7 heteroatoms. The number of hydrogen-bond donors (Lipinski definition) is 2. The smallest absolute Gasteiger partial charge is 0.265 e. The molecular weight excluding hydrogens is 458 g/mol. The average Bonchev–Trinajstić information content (AvgIpc) is 3.56. The monoisotopic (exact) mass is 489 g/mol. The summed E-state index contributed by atoms with van der Waals surface area (Å²) < 4.78 is 5.79. The molecule has 0 radical (unpaired) electrons. The molecule has 2 aliphatic heterocycles. The summed E-state index contributed by atoms with van der Waals surface area (Å²) in [5.74, 6) is 1.16. The van der Waals surface area contributed by atoms with Crippen molar-refractivity contribution in [1.29, 1.82) is 0 Å². The lowest BCUT2D eigenvalue weighted by molar-refractivity contribution is -0.122. The molecule has 0 spiro atoms. The summed E-state index contributed by atoms with van der Waals surface area (Å²) in [7, 11) is 0. The van der Waals surface area contributed by atoms with E-state index in [4.69, 9.17) is 4.74 Å². The highest BCUT2D eigenvalue weighted by molar-refractivity contribution is 7.10. The number of fused-ring (bicyclic) bond motifs is 1. The van der Waals surface area contributed by atoms with Gasteiger partial charge in [-0.3, -0.25) is 14.5 Å². The van der Waals surface area contributed by atoms with E-state index in [1.165, 1.54) is 17.7 Å². The first-order valence-electron chi connectivity index (χ1n) is 12.3. The highest BCUT2D eigenvalue weighted by Gasteiger charge is 2.29. The Morgan fingerprint density at radius 1 is 1.09 bits per heavy atom. The van der Waals surface area contributed by atoms with E-state index in [1.807, 2.05) is 24.3 Å². The van der Waals surface area contributed by atoms with Gasteiger partial charge in [-0.05, 0) is 73.1 Å². The van der Waals surface area contributed by atoms with Crippen LogP contribution in [0, 0.1) is 5.92 Å². The van der Waals surface area contributed by atoms with E-state index in [0.29, 0.717) is 24.2 Å². The maximum absolute atomic E-state index is 13.0. The SMILES string of the molecule is CC1CCN(C(CNC(=O)c2cccc(NC(=O)C3Cc4ccccc4O3)c2)c2cccs2)CC1. The first-order chi connectivity index (χ1) is 17.1. The van der Waals surface area contributed by atoms with Crippen molar-refractivity contribution in [3.63, 3.8) is 0 Å². The van der Waals surface area contributed by atoms with Crippen LogP contribution in [-0.4, -0.2) is 42.5 Å². The van der Waals surface area contributed by atoms with Gasteiger partial charge in [0, 0.05) is 29.1 Å². The Bertz CT molecular complexity index is 1150. The number of carbonyl (C=O) groups is 2. The Morgan fingerprint density at radius 2 is 1.91 bits per heavy atom. The van der Waals surface area contributed by atoms with Crippen LogP contribution in [0.1, 0.15) is 46.6 Å². The predicted molar refractivity (Wildman–Crippen MR) is 139 cm³/mol. The van der Waals surface area contributed by atoms with Crippen LogP contribution in [0.2, 0.25) is 0 Å². The summed E-state index contributed by atoms with van der Waals surface area (Å²) in [6, 6.07) is 19.2. The number of thiophene rings is 1. The van der Waals surface area contributed by atoms with Crippen LogP contribution in [-0.2, 0) is 11.2 Å². The molecule has 2 amide bonds. The zero-order valence-corrected chi connectivity index (χ0v) is 20.7. The second-order valence-electron chi connectivity index (χ2n) is 9.45. The number of para-hydroxylation sites is 1. The van der Waals surface area contributed by atoms with E-state index in [9.17, 15) is 9.59 Å². The molecule has 2 aliphatic rings. The number of nitrogens with one attached hydrogen (secondary N) is 2. The minimum Gasteiger partial charge on any atom is -0.480 e. The van der Waals surface area contributed by atoms with Crippen molar-refractivity contribution in [2.75, 3.05) is 25.0 Å². The molecule has 1 aromatic heterocycles. The highest BCUT2D eigenvalue weighted by atomic mass is 32.1. The number of likely N-dealkylation sites (tertiary alicyclic amines) is 1. The Balaban J connectivity index is 1.20. The molecule has 0 bridgehead atoms. The number of piperidine rings is 1. The van der Waals surface area contributed by atoms with E-state index in [2.05, 4.69) is 40.0 Å². The van der Waals surface area contributed by atoms with Gasteiger partial charge in [-0.1, -0.05) is 37.3 Å². The van der Waals surface area contributed by atoms with Crippen molar-refractivity contribution >= 4 is 28.8 Å². The van der Waals surface area contributed by atoms with Crippen LogP contribution in [0.3, 0.4) is 0 Å². The predicted octanol–water partition coefficient (Wildman–Crippen LogP) is 4.89. The highest BCUT2D eigenvalue weighted by Crippen LogP contribution is 2.30. The minimum absolute atomic E-state index is 0.141. The lowest BCUT2D eigenvalue weighted by Crippen LogP contribution is -2.41. The maximum Gasteiger partial charge on any atom is 0.265 e. The van der Waals surface area contributed by atoms with Gasteiger partial charge >= 0.3 is 0 Å². The molecular formula is C28H31N3O3S. The Morgan fingerprint density at radius 3 is 2.69 bits per heavy atom. The van der Waals surface area contributed by atoms with Crippen LogP contribution in [0.4, 0.5) is 5.69 Å². The number of anilines is 1. The van der Waals surface area contributed by atoms with Gasteiger partial charge in [0.1, 0.15) is 5.75 Å². The lowest BCUT2D eigenvalue weighted by atomic mass is 9.97. The zero-order valence-electron chi connectivity index (χ0n) is 19.9. The molecule has 2 N–H and O–H groups in total. The maximum atomic E-state index is 13.0. The van der Waals surface area contributed by atoms with Crippen LogP contribution in [0.25, 0.3) is 0 Å². The lowest BCUT2D eigenvalue weighted by Gasteiger charge is -2.36.